The van der Waals surface area contributed by atoms with Crippen LogP contribution in [0.15, 0.2) is 78.1 Å². The molecule has 0 aliphatic carbocycles. The number of nitrogens with zero attached hydrogens (tertiary/aromatic N) is 2. The Morgan fingerprint density at radius 1 is 1.00 bits per heavy atom. The van der Waals surface area contributed by atoms with E-state index in [2.05, 4.69) is 85.3 Å². The Balaban J connectivity index is 1.61. The number of dihydropyridines is 1. The van der Waals surface area contributed by atoms with Gasteiger partial charge in [-0.1, -0.05) is 36.4 Å². The highest BCUT2D eigenvalue weighted by molar-refractivity contribution is 6.15. The Morgan fingerprint density at radius 3 is 2.67 bits per heavy atom. The predicted molar refractivity (Wildman–Crippen MR) is 124 cm³/mol. The first-order valence-electron chi connectivity index (χ1n) is 10.3. The first-order chi connectivity index (χ1) is 14.5. The number of allylic oxidation sites excluding steroid dienone is 1. The maximum absolute atomic E-state index is 6.30. The van der Waals surface area contributed by atoms with E-state index in [4.69, 9.17) is 9.73 Å². The highest BCUT2D eigenvalue weighted by Crippen LogP contribution is 2.33. The molecule has 1 unspecified atom stereocenters. The number of hydrogen-bond acceptors (Lipinski definition) is 3. The van der Waals surface area contributed by atoms with E-state index >= 15 is 0 Å². The average molecular weight is 396 g/mol. The number of benzene rings is 2. The van der Waals surface area contributed by atoms with Crippen molar-refractivity contribution in [1.82, 2.24) is 9.97 Å². The quantitative estimate of drug-likeness (QED) is 0.453. The molecule has 1 N–H and O–H groups in total. The molecule has 1 aliphatic heterocycles. The summed E-state index contributed by atoms with van der Waals surface area (Å²) in [7, 11) is 0. The van der Waals surface area contributed by atoms with Crippen LogP contribution in [0.1, 0.15) is 38.3 Å². The first kappa shape index (κ1) is 18.8. The van der Waals surface area contributed by atoms with Crippen LogP contribution in [0.4, 0.5) is 0 Å². The minimum atomic E-state index is -0.271. The van der Waals surface area contributed by atoms with Crippen LogP contribution in [0.25, 0.3) is 27.4 Å². The summed E-state index contributed by atoms with van der Waals surface area (Å²) in [5.41, 5.74) is 5.06. The Hall–Kier alpha value is -3.24. The highest BCUT2D eigenvalue weighted by Gasteiger charge is 2.25. The first-order valence-corrected chi connectivity index (χ1v) is 10.3. The monoisotopic (exact) mass is 395 g/mol. The zero-order chi connectivity index (χ0) is 20.7. The van der Waals surface area contributed by atoms with Gasteiger partial charge < -0.3 is 9.72 Å². The smallest absolute Gasteiger partial charge is 0.153 e. The van der Waals surface area contributed by atoms with Gasteiger partial charge in [-0.05, 0) is 61.4 Å². The Kier molecular flexibility index (Phi) is 4.52. The molecule has 4 heteroatoms. The fourth-order valence-corrected chi connectivity index (χ4v) is 4.04. The van der Waals surface area contributed by atoms with Crippen molar-refractivity contribution in [3.05, 3.63) is 84.2 Å². The molecule has 0 spiro atoms. The molecule has 5 rings (SSSR count). The van der Waals surface area contributed by atoms with E-state index in [1.165, 1.54) is 16.3 Å². The van der Waals surface area contributed by atoms with Gasteiger partial charge in [0.05, 0.1) is 11.3 Å². The Morgan fingerprint density at radius 2 is 1.83 bits per heavy atom. The van der Waals surface area contributed by atoms with Crippen molar-refractivity contribution in [3.63, 3.8) is 0 Å². The summed E-state index contributed by atoms with van der Waals surface area (Å²) < 4.78 is 6.30. The molecule has 30 heavy (non-hydrogen) atoms. The standard InChI is InChI=1S/C26H25N3O/c1-26(2,3)30-24-15-20(22-16-28-25-21(22)9-6-12-27-25)14-23(29-24)19-11-10-17-7-4-5-8-18(17)13-19/h4-14,16,24H,15H2,1-3H3,(H,27,28). The van der Waals surface area contributed by atoms with E-state index in [1.54, 1.807) is 0 Å². The van der Waals surface area contributed by atoms with Crippen LogP contribution < -0.4 is 0 Å². The zero-order valence-electron chi connectivity index (χ0n) is 17.5. The molecule has 0 amide bonds. The fraction of sp³-hybridized carbons (Fsp3) is 0.231. The summed E-state index contributed by atoms with van der Waals surface area (Å²) in [5.74, 6) is 0. The van der Waals surface area contributed by atoms with E-state index in [0.29, 0.717) is 0 Å². The third kappa shape index (κ3) is 3.66. The predicted octanol–water partition coefficient (Wildman–Crippen LogP) is 6.13. The van der Waals surface area contributed by atoms with Crippen molar-refractivity contribution in [3.8, 4) is 0 Å². The third-order valence-corrected chi connectivity index (χ3v) is 5.32. The van der Waals surface area contributed by atoms with Gasteiger partial charge in [-0.25, -0.2) is 4.98 Å². The minimum absolute atomic E-state index is 0.229. The Bertz CT molecular complexity index is 1290. The van der Waals surface area contributed by atoms with Gasteiger partial charge in [0.15, 0.2) is 6.23 Å². The number of H-pyrrole nitrogens is 1. The number of pyridine rings is 1. The fourth-order valence-electron chi connectivity index (χ4n) is 4.04. The van der Waals surface area contributed by atoms with Crippen LogP contribution in [0, 0.1) is 0 Å². The maximum Gasteiger partial charge on any atom is 0.153 e. The molecule has 4 nitrogen and oxygen atoms in total. The number of hydrogen-bond donors (Lipinski definition) is 1. The topological polar surface area (TPSA) is 50.3 Å². The number of aromatic amines is 1. The van der Waals surface area contributed by atoms with Gasteiger partial charge in [0.25, 0.3) is 0 Å². The number of nitrogens with one attached hydrogen (secondary N) is 1. The van der Waals surface area contributed by atoms with Crippen molar-refractivity contribution in [2.24, 2.45) is 4.99 Å². The number of aliphatic imine (C=N–C) groups is 1. The van der Waals surface area contributed by atoms with Crippen molar-refractivity contribution in [2.45, 2.75) is 39.0 Å². The molecule has 0 saturated carbocycles. The molecule has 2 aromatic heterocycles. The lowest BCUT2D eigenvalue weighted by Gasteiger charge is -2.28. The number of rotatable bonds is 3. The van der Waals surface area contributed by atoms with Crippen molar-refractivity contribution < 1.29 is 4.74 Å². The molecule has 150 valence electrons. The van der Waals surface area contributed by atoms with Crippen molar-refractivity contribution in [2.75, 3.05) is 0 Å². The molecule has 4 aromatic rings. The average Bonchev–Trinajstić information content (AvgIpc) is 3.16. The third-order valence-electron chi connectivity index (χ3n) is 5.32. The largest absolute Gasteiger partial charge is 0.351 e. The lowest BCUT2D eigenvalue weighted by Crippen LogP contribution is -2.29. The molecule has 2 aromatic carbocycles. The minimum Gasteiger partial charge on any atom is -0.351 e. The lowest BCUT2D eigenvalue weighted by molar-refractivity contribution is -0.0530. The van der Waals surface area contributed by atoms with E-state index in [9.17, 15) is 0 Å². The van der Waals surface area contributed by atoms with Crippen molar-refractivity contribution >= 4 is 33.1 Å². The van der Waals surface area contributed by atoms with Gasteiger partial charge in [0, 0.05) is 35.3 Å². The van der Waals surface area contributed by atoms with E-state index in [-0.39, 0.29) is 11.8 Å². The van der Waals surface area contributed by atoms with Gasteiger partial charge in [-0.15, -0.1) is 0 Å². The second-order valence-electron chi connectivity index (χ2n) is 8.74. The molecule has 0 bridgehead atoms. The molecule has 1 aliphatic rings. The second kappa shape index (κ2) is 7.22. The van der Waals surface area contributed by atoms with E-state index in [0.717, 1.165) is 34.3 Å². The van der Waals surface area contributed by atoms with Crippen LogP contribution in [-0.2, 0) is 4.74 Å². The molecular formula is C26H25N3O. The molecule has 1 atom stereocenters. The van der Waals surface area contributed by atoms with Crippen molar-refractivity contribution in [1.29, 1.82) is 0 Å². The molecule has 0 fully saturated rings. The van der Waals surface area contributed by atoms with Gasteiger partial charge in [0.2, 0.25) is 0 Å². The van der Waals surface area contributed by atoms with E-state index < -0.39 is 0 Å². The highest BCUT2D eigenvalue weighted by atomic mass is 16.5. The van der Waals surface area contributed by atoms with Crippen LogP contribution in [-0.4, -0.2) is 27.5 Å². The summed E-state index contributed by atoms with van der Waals surface area (Å²) in [6.45, 7) is 6.23. The summed E-state index contributed by atoms with van der Waals surface area (Å²) in [6, 6.07) is 19.0. The second-order valence-corrected chi connectivity index (χ2v) is 8.74. The summed E-state index contributed by atoms with van der Waals surface area (Å²) in [6.07, 6.45) is 6.55. The summed E-state index contributed by atoms with van der Waals surface area (Å²) in [4.78, 5) is 12.7. The maximum atomic E-state index is 6.30. The number of aromatic nitrogens is 2. The molecular weight excluding hydrogens is 370 g/mol. The normalized spacial score (nSPS) is 17.2. The SMILES string of the molecule is CC(C)(C)OC1CC(c2c[nH]c3ncccc23)=CC(c2ccc3ccccc3c2)=N1. The number of fused-ring (bicyclic) bond motifs is 2. The number of ether oxygens (including phenoxy) is 1. The van der Waals surface area contributed by atoms with Crippen LogP contribution in [0.5, 0.6) is 0 Å². The molecule has 0 radical (unpaired) electrons. The van der Waals surface area contributed by atoms with E-state index in [1.807, 2.05) is 18.5 Å². The van der Waals surface area contributed by atoms with Crippen LogP contribution >= 0.6 is 0 Å². The van der Waals surface area contributed by atoms with Crippen LogP contribution in [0.2, 0.25) is 0 Å². The van der Waals surface area contributed by atoms with Gasteiger partial charge in [0.1, 0.15) is 5.65 Å². The Labute approximate surface area is 176 Å². The lowest BCUT2D eigenvalue weighted by atomic mass is 9.94. The molecule has 3 heterocycles. The van der Waals surface area contributed by atoms with Gasteiger partial charge >= 0.3 is 0 Å². The van der Waals surface area contributed by atoms with Gasteiger partial charge in [-0.3, -0.25) is 4.99 Å². The van der Waals surface area contributed by atoms with Gasteiger partial charge in [-0.2, -0.15) is 0 Å². The zero-order valence-corrected chi connectivity index (χ0v) is 17.5. The molecule has 0 saturated heterocycles. The van der Waals surface area contributed by atoms with Crippen LogP contribution in [0.3, 0.4) is 0 Å². The summed E-state index contributed by atoms with van der Waals surface area (Å²) in [5, 5.41) is 3.56. The summed E-state index contributed by atoms with van der Waals surface area (Å²) >= 11 is 0.